The van der Waals surface area contributed by atoms with Crippen molar-refractivity contribution in [1.29, 1.82) is 0 Å². The fraction of sp³-hybridized carbons (Fsp3) is 0.600. The normalized spacial score (nSPS) is 19.7. The molecule has 0 radical (unpaired) electrons. The van der Waals surface area contributed by atoms with Gasteiger partial charge in [0, 0.05) is 17.5 Å². The summed E-state index contributed by atoms with van der Waals surface area (Å²) in [6.07, 6.45) is 13.4. The van der Waals surface area contributed by atoms with E-state index in [1.165, 1.54) is 66.3 Å². The number of aryl methyl sites for hydroxylation is 3. The summed E-state index contributed by atoms with van der Waals surface area (Å²) in [5, 5.41) is 11.6. The molecule has 0 amide bonds. The molecule has 268 valence electrons. The van der Waals surface area contributed by atoms with E-state index in [9.17, 15) is 5.11 Å². The Bertz CT molecular complexity index is 1540. The molecule has 4 nitrogen and oxygen atoms in total. The van der Waals surface area contributed by atoms with Crippen molar-refractivity contribution in [2.24, 2.45) is 17.8 Å². The van der Waals surface area contributed by atoms with Gasteiger partial charge in [-0.3, -0.25) is 0 Å². The number of hydrogen-bond acceptors (Lipinski definition) is 4. The number of phenolic OH excluding ortho intramolecular Hbond substituents is 1. The third-order valence-corrected chi connectivity index (χ3v) is 11.1. The minimum atomic E-state index is -0.414. The number of benzene rings is 3. The van der Waals surface area contributed by atoms with E-state index in [2.05, 4.69) is 91.8 Å². The van der Waals surface area contributed by atoms with Crippen LogP contribution in [-0.2, 0) is 18.4 Å². The molecule has 0 spiro atoms. The molecule has 5 rings (SSSR count). The summed E-state index contributed by atoms with van der Waals surface area (Å²) in [4.78, 5) is 0. The van der Waals surface area contributed by atoms with Crippen molar-refractivity contribution in [3.05, 3.63) is 70.3 Å². The summed E-state index contributed by atoms with van der Waals surface area (Å²) in [5.74, 6) is 5.21. The third-order valence-electron chi connectivity index (χ3n) is 11.1. The van der Waals surface area contributed by atoms with Gasteiger partial charge in [0.1, 0.15) is 28.6 Å². The summed E-state index contributed by atoms with van der Waals surface area (Å²) >= 11 is 0. The van der Waals surface area contributed by atoms with Crippen LogP contribution < -0.4 is 14.2 Å². The zero-order valence-electron chi connectivity index (χ0n) is 31.9. The molecule has 1 aliphatic carbocycles. The number of unbranched alkanes of at least 4 members (excludes halogenated alkanes) is 4. The second kappa shape index (κ2) is 16.7. The number of aromatic hydroxyl groups is 1. The fourth-order valence-corrected chi connectivity index (χ4v) is 8.39. The molecule has 1 aliphatic heterocycles. The van der Waals surface area contributed by atoms with Gasteiger partial charge < -0.3 is 19.3 Å². The van der Waals surface area contributed by atoms with Crippen LogP contribution in [-0.4, -0.2) is 18.3 Å². The maximum Gasteiger partial charge on any atom is 0.132 e. The molecular formula is C45H64O4. The summed E-state index contributed by atoms with van der Waals surface area (Å²) in [7, 11) is 0. The molecule has 1 saturated carbocycles. The van der Waals surface area contributed by atoms with Gasteiger partial charge in [-0.15, -0.1) is 0 Å². The van der Waals surface area contributed by atoms with E-state index in [4.69, 9.17) is 14.2 Å². The van der Waals surface area contributed by atoms with Gasteiger partial charge >= 0.3 is 0 Å². The molecular weight excluding hydrogens is 604 g/mol. The van der Waals surface area contributed by atoms with Crippen LogP contribution >= 0.6 is 0 Å². The van der Waals surface area contributed by atoms with E-state index in [1.807, 2.05) is 6.07 Å². The molecule has 49 heavy (non-hydrogen) atoms. The SMILES string of the molecule is CCCCCc1cc(OCCCOc2cc(CCCCC)cc(O)c2[C@@H]2C[C@H](C)CC[C@H]2C(C)C)c2c(c1)OC(C)(C)c1ccc(C)cc1-2. The summed E-state index contributed by atoms with van der Waals surface area (Å²) in [6, 6.07) is 15.4. The van der Waals surface area contributed by atoms with Gasteiger partial charge in [-0.1, -0.05) is 90.5 Å². The highest BCUT2D eigenvalue weighted by Crippen LogP contribution is 2.51. The van der Waals surface area contributed by atoms with Crippen LogP contribution in [0.4, 0.5) is 0 Å². The van der Waals surface area contributed by atoms with Crippen molar-refractivity contribution in [1.82, 2.24) is 0 Å². The van der Waals surface area contributed by atoms with Gasteiger partial charge in [-0.05, 0) is 124 Å². The van der Waals surface area contributed by atoms with Gasteiger partial charge in [0.15, 0.2) is 0 Å². The van der Waals surface area contributed by atoms with Crippen molar-refractivity contribution < 1.29 is 19.3 Å². The number of rotatable bonds is 16. The lowest BCUT2D eigenvalue weighted by atomic mass is 9.67. The largest absolute Gasteiger partial charge is 0.508 e. The summed E-state index contributed by atoms with van der Waals surface area (Å²) < 4.78 is 20.0. The van der Waals surface area contributed by atoms with Gasteiger partial charge in [0.25, 0.3) is 0 Å². The lowest BCUT2D eigenvalue weighted by Gasteiger charge is -2.38. The van der Waals surface area contributed by atoms with Gasteiger partial charge in [-0.2, -0.15) is 0 Å². The molecule has 2 aliphatic rings. The standard InChI is InChI=1S/C45H64O4/c1-9-11-13-16-33-26-39(46)43(36-24-31(5)18-20-35(36)30(3)4)40(27-33)47-22-15-23-48-41-28-34(17-14-12-10-2)29-42-44(41)37-25-32(6)19-21-38(37)45(7,8)49-42/h19,21,25-31,35-36,46H,9-18,20,22-24H2,1-8H3/t31-,35+,36-/m1/s1. The Labute approximate surface area is 298 Å². The van der Waals surface area contributed by atoms with E-state index in [1.54, 1.807) is 0 Å². The highest BCUT2D eigenvalue weighted by atomic mass is 16.5. The van der Waals surface area contributed by atoms with Crippen LogP contribution in [0.25, 0.3) is 11.1 Å². The Kier molecular flexibility index (Phi) is 12.7. The first kappa shape index (κ1) is 37.1. The zero-order chi connectivity index (χ0) is 35.1. The first-order valence-corrected chi connectivity index (χ1v) is 19.6. The molecule has 1 heterocycles. The van der Waals surface area contributed by atoms with Crippen molar-refractivity contribution in [2.45, 2.75) is 144 Å². The molecule has 3 atom stereocenters. The molecule has 1 fully saturated rings. The molecule has 1 N–H and O–H groups in total. The smallest absolute Gasteiger partial charge is 0.132 e. The molecule has 3 aromatic rings. The van der Waals surface area contributed by atoms with E-state index in [0.717, 1.165) is 66.9 Å². The Hall–Kier alpha value is -3.14. The first-order valence-electron chi connectivity index (χ1n) is 19.6. The Morgan fingerprint density at radius 3 is 2.16 bits per heavy atom. The summed E-state index contributed by atoms with van der Waals surface area (Å²) in [6.45, 7) is 19.1. The lowest BCUT2D eigenvalue weighted by molar-refractivity contribution is 0.105. The second-order valence-electron chi connectivity index (χ2n) is 16.1. The second-order valence-corrected chi connectivity index (χ2v) is 16.1. The third kappa shape index (κ3) is 8.97. The minimum Gasteiger partial charge on any atom is -0.508 e. The summed E-state index contributed by atoms with van der Waals surface area (Å²) in [5.41, 5.74) is 7.77. The Morgan fingerprint density at radius 2 is 1.49 bits per heavy atom. The highest BCUT2D eigenvalue weighted by Gasteiger charge is 2.36. The van der Waals surface area contributed by atoms with Crippen LogP contribution in [0, 0.1) is 24.7 Å². The van der Waals surface area contributed by atoms with Crippen molar-refractivity contribution >= 4 is 0 Å². The van der Waals surface area contributed by atoms with Crippen molar-refractivity contribution in [3.63, 3.8) is 0 Å². The van der Waals surface area contributed by atoms with E-state index < -0.39 is 5.60 Å². The fourth-order valence-electron chi connectivity index (χ4n) is 8.39. The number of ether oxygens (including phenoxy) is 3. The van der Waals surface area contributed by atoms with E-state index in [-0.39, 0.29) is 0 Å². The van der Waals surface area contributed by atoms with Crippen LogP contribution in [0.1, 0.15) is 146 Å². The Balaban J connectivity index is 1.37. The van der Waals surface area contributed by atoms with Gasteiger partial charge in [0.2, 0.25) is 0 Å². The Morgan fingerprint density at radius 1 is 0.837 bits per heavy atom. The van der Waals surface area contributed by atoms with Crippen molar-refractivity contribution in [3.8, 4) is 34.1 Å². The van der Waals surface area contributed by atoms with Crippen LogP contribution in [0.5, 0.6) is 23.0 Å². The number of phenols is 1. The zero-order valence-corrected chi connectivity index (χ0v) is 31.9. The predicted octanol–water partition coefficient (Wildman–Crippen LogP) is 12.5. The van der Waals surface area contributed by atoms with E-state index in [0.29, 0.717) is 42.6 Å². The number of hydrogen-bond donors (Lipinski definition) is 1. The molecule has 0 bridgehead atoms. The van der Waals surface area contributed by atoms with E-state index >= 15 is 0 Å². The van der Waals surface area contributed by atoms with Crippen LogP contribution in [0.15, 0.2) is 42.5 Å². The molecule has 4 heteroatoms. The first-order chi connectivity index (χ1) is 23.5. The van der Waals surface area contributed by atoms with Crippen LogP contribution in [0.3, 0.4) is 0 Å². The van der Waals surface area contributed by atoms with Crippen molar-refractivity contribution in [2.75, 3.05) is 13.2 Å². The van der Waals surface area contributed by atoms with Crippen LogP contribution in [0.2, 0.25) is 0 Å². The van der Waals surface area contributed by atoms with Gasteiger partial charge in [0.05, 0.1) is 18.8 Å². The molecule has 3 aromatic carbocycles. The highest BCUT2D eigenvalue weighted by molar-refractivity contribution is 5.82. The quantitative estimate of drug-likeness (QED) is 0.154. The average Bonchev–Trinajstić information content (AvgIpc) is 3.04. The molecule has 0 aromatic heterocycles. The molecule has 0 unspecified atom stereocenters. The minimum absolute atomic E-state index is 0.314. The predicted molar refractivity (Wildman–Crippen MR) is 205 cm³/mol. The lowest BCUT2D eigenvalue weighted by Crippen LogP contribution is -2.29. The van der Waals surface area contributed by atoms with Gasteiger partial charge in [-0.25, -0.2) is 0 Å². The topological polar surface area (TPSA) is 47.9 Å². The monoisotopic (exact) mass is 668 g/mol. The number of fused-ring (bicyclic) bond motifs is 3. The maximum atomic E-state index is 11.6. The average molecular weight is 669 g/mol. The molecule has 0 saturated heterocycles. The maximum absolute atomic E-state index is 11.6.